The van der Waals surface area contributed by atoms with Crippen LogP contribution in [0, 0.1) is 13.8 Å². The Bertz CT molecular complexity index is 1190. The van der Waals surface area contributed by atoms with Crippen LogP contribution >= 0.6 is 11.6 Å². The number of benzene rings is 3. The second-order valence-electron chi connectivity index (χ2n) is 7.26. The van der Waals surface area contributed by atoms with Crippen LogP contribution in [0.25, 0.3) is 0 Å². The van der Waals surface area contributed by atoms with Gasteiger partial charge in [-0.25, -0.2) is 5.43 Å². The van der Waals surface area contributed by atoms with E-state index in [0.717, 1.165) is 11.1 Å². The number of carbonyl (C=O) groups is 2. The molecule has 2 amide bonds. The molecule has 3 rings (SSSR count). The molecule has 8 heteroatoms. The number of halogens is 1. The normalized spacial score (nSPS) is 10.7. The van der Waals surface area contributed by atoms with Crippen LogP contribution in [0.3, 0.4) is 0 Å². The van der Waals surface area contributed by atoms with E-state index in [2.05, 4.69) is 15.8 Å². The molecular formula is C25H24ClN3O4. The summed E-state index contributed by atoms with van der Waals surface area (Å²) >= 11 is 5.90. The van der Waals surface area contributed by atoms with Crippen LogP contribution in [0.15, 0.2) is 65.8 Å². The highest BCUT2D eigenvalue weighted by Crippen LogP contribution is 2.27. The molecule has 3 aromatic rings. The van der Waals surface area contributed by atoms with Crippen molar-refractivity contribution >= 4 is 35.3 Å². The standard InChI is InChI=1S/C25H24ClN3O4/c1-16-7-9-21(11-17(16)2)28-24(30)15-33-22-10-8-18(12-23(22)32-3)14-27-29-25(31)19-5-4-6-20(26)13-19/h4-14H,15H2,1-3H3,(H,28,30)(H,29,31)/b27-14+. The number of nitrogens with one attached hydrogen (secondary N) is 2. The summed E-state index contributed by atoms with van der Waals surface area (Å²) in [5, 5.41) is 7.24. The molecule has 170 valence electrons. The fraction of sp³-hybridized carbons (Fsp3) is 0.160. The smallest absolute Gasteiger partial charge is 0.271 e. The number of hydrogen-bond donors (Lipinski definition) is 2. The monoisotopic (exact) mass is 465 g/mol. The number of amides is 2. The topological polar surface area (TPSA) is 89.0 Å². The second kappa shape index (κ2) is 11.2. The van der Waals surface area contributed by atoms with Gasteiger partial charge >= 0.3 is 0 Å². The fourth-order valence-corrected chi connectivity index (χ4v) is 3.09. The largest absolute Gasteiger partial charge is 0.493 e. The van der Waals surface area contributed by atoms with Crippen molar-refractivity contribution in [2.45, 2.75) is 13.8 Å². The predicted octanol–water partition coefficient (Wildman–Crippen LogP) is 4.75. The summed E-state index contributed by atoms with van der Waals surface area (Å²) in [6, 6.07) is 17.4. The highest BCUT2D eigenvalue weighted by molar-refractivity contribution is 6.30. The first-order valence-electron chi connectivity index (χ1n) is 10.1. The van der Waals surface area contributed by atoms with Gasteiger partial charge in [0.15, 0.2) is 18.1 Å². The zero-order valence-corrected chi connectivity index (χ0v) is 19.3. The van der Waals surface area contributed by atoms with Gasteiger partial charge in [0.2, 0.25) is 0 Å². The van der Waals surface area contributed by atoms with E-state index in [4.69, 9.17) is 21.1 Å². The van der Waals surface area contributed by atoms with Gasteiger partial charge in [-0.2, -0.15) is 5.10 Å². The Morgan fingerprint density at radius 3 is 2.55 bits per heavy atom. The molecule has 2 N–H and O–H groups in total. The van der Waals surface area contributed by atoms with Crippen LogP contribution in [0.4, 0.5) is 5.69 Å². The van der Waals surface area contributed by atoms with E-state index in [1.165, 1.54) is 13.3 Å². The molecule has 0 aliphatic rings. The summed E-state index contributed by atoms with van der Waals surface area (Å²) in [5.41, 5.74) is 6.48. The number of ether oxygens (including phenoxy) is 2. The van der Waals surface area contributed by atoms with Crippen LogP contribution < -0.4 is 20.2 Å². The molecule has 7 nitrogen and oxygen atoms in total. The number of hydrazone groups is 1. The van der Waals surface area contributed by atoms with E-state index in [0.29, 0.717) is 33.3 Å². The van der Waals surface area contributed by atoms with Crippen molar-refractivity contribution in [3.05, 3.63) is 87.9 Å². The SMILES string of the molecule is COc1cc(/C=N/NC(=O)c2cccc(Cl)c2)ccc1OCC(=O)Nc1ccc(C)c(C)c1. The lowest BCUT2D eigenvalue weighted by atomic mass is 10.1. The Morgan fingerprint density at radius 2 is 1.82 bits per heavy atom. The highest BCUT2D eigenvalue weighted by Gasteiger charge is 2.10. The third-order valence-corrected chi connectivity index (χ3v) is 5.04. The lowest BCUT2D eigenvalue weighted by molar-refractivity contribution is -0.118. The zero-order chi connectivity index (χ0) is 23.8. The minimum absolute atomic E-state index is 0.174. The number of carbonyl (C=O) groups excluding carboxylic acids is 2. The minimum atomic E-state index is -0.379. The Kier molecular flexibility index (Phi) is 8.05. The molecule has 0 spiro atoms. The first-order chi connectivity index (χ1) is 15.9. The zero-order valence-electron chi connectivity index (χ0n) is 18.5. The van der Waals surface area contributed by atoms with Gasteiger partial charge in [-0.1, -0.05) is 23.7 Å². The van der Waals surface area contributed by atoms with Crippen LogP contribution in [-0.2, 0) is 4.79 Å². The van der Waals surface area contributed by atoms with E-state index < -0.39 is 0 Å². The first kappa shape index (κ1) is 23.8. The van der Waals surface area contributed by atoms with Gasteiger partial charge in [0, 0.05) is 16.3 Å². The van der Waals surface area contributed by atoms with Crippen molar-refractivity contribution in [1.29, 1.82) is 0 Å². The molecule has 0 unspecified atom stereocenters. The Balaban J connectivity index is 1.57. The molecule has 0 saturated heterocycles. The first-order valence-corrected chi connectivity index (χ1v) is 10.5. The van der Waals surface area contributed by atoms with Crippen molar-refractivity contribution in [3.63, 3.8) is 0 Å². The van der Waals surface area contributed by atoms with E-state index in [1.54, 1.807) is 42.5 Å². The minimum Gasteiger partial charge on any atom is -0.493 e. The molecule has 0 atom stereocenters. The van der Waals surface area contributed by atoms with Gasteiger partial charge < -0.3 is 14.8 Å². The summed E-state index contributed by atoms with van der Waals surface area (Å²) in [7, 11) is 1.50. The molecule has 3 aromatic carbocycles. The summed E-state index contributed by atoms with van der Waals surface area (Å²) in [4.78, 5) is 24.4. The average Bonchev–Trinajstić information content (AvgIpc) is 2.80. The van der Waals surface area contributed by atoms with Crippen molar-refractivity contribution in [2.75, 3.05) is 19.0 Å². The average molecular weight is 466 g/mol. The maximum atomic E-state index is 12.2. The number of anilines is 1. The Hall–Kier alpha value is -3.84. The lowest BCUT2D eigenvalue weighted by Gasteiger charge is -2.12. The molecule has 0 aliphatic carbocycles. The van der Waals surface area contributed by atoms with Gasteiger partial charge in [0.25, 0.3) is 11.8 Å². The molecule has 0 aromatic heterocycles. The Labute approximate surface area is 197 Å². The van der Waals surface area contributed by atoms with Crippen LogP contribution in [0.2, 0.25) is 5.02 Å². The van der Waals surface area contributed by atoms with Crippen molar-refractivity contribution < 1.29 is 19.1 Å². The van der Waals surface area contributed by atoms with E-state index in [9.17, 15) is 9.59 Å². The Morgan fingerprint density at radius 1 is 1.00 bits per heavy atom. The van der Waals surface area contributed by atoms with Crippen molar-refractivity contribution in [1.82, 2.24) is 5.43 Å². The maximum absolute atomic E-state index is 12.2. The van der Waals surface area contributed by atoms with Gasteiger partial charge in [0.05, 0.1) is 13.3 Å². The van der Waals surface area contributed by atoms with Crippen molar-refractivity contribution in [3.8, 4) is 11.5 Å². The lowest BCUT2D eigenvalue weighted by Crippen LogP contribution is -2.20. The number of methoxy groups -OCH3 is 1. The molecule has 0 saturated carbocycles. The van der Waals surface area contributed by atoms with Crippen LogP contribution in [-0.4, -0.2) is 31.7 Å². The van der Waals surface area contributed by atoms with Crippen LogP contribution in [0.5, 0.6) is 11.5 Å². The van der Waals surface area contributed by atoms with Crippen molar-refractivity contribution in [2.24, 2.45) is 5.10 Å². The van der Waals surface area contributed by atoms with Gasteiger partial charge in [-0.05, 0) is 79.1 Å². The molecule has 0 radical (unpaired) electrons. The molecular weight excluding hydrogens is 442 g/mol. The van der Waals surface area contributed by atoms with Gasteiger partial charge in [0.1, 0.15) is 0 Å². The van der Waals surface area contributed by atoms with E-state index >= 15 is 0 Å². The quantitative estimate of drug-likeness (QED) is 0.371. The van der Waals surface area contributed by atoms with Crippen LogP contribution in [0.1, 0.15) is 27.0 Å². The number of rotatable bonds is 8. The third-order valence-electron chi connectivity index (χ3n) is 4.80. The van der Waals surface area contributed by atoms with E-state index in [1.807, 2.05) is 32.0 Å². The summed E-state index contributed by atoms with van der Waals surface area (Å²) in [6.45, 7) is 3.82. The predicted molar refractivity (Wildman–Crippen MR) is 130 cm³/mol. The number of nitrogens with zero attached hydrogens (tertiary/aromatic N) is 1. The molecule has 33 heavy (non-hydrogen) atoms. The second-order valence-corrected chi connectivity index (χ2v) is 7.69. The summed E-state index contributed by atoms with van der Waals surface area (Å²) in [6.07, 6.45) is 1.47. The van der Waals surface area contributed by atoms with Gasteiger partial charge in [-0.3, -0.25) is 9.59 Å². The number of hydrogen-bond acceptors (Lipinski definition) is 5. The highest BCUT2D eigenvalue weighted by atomic mass is 35.5. The van der Waals surface area contributed by atoms with Gasteiger partial charge in [-0.15, -0.1) is 0 Å². The third kappa shape index (κ3) is 6.82. The molecule has 0 heterocycles. The van der Waals surface area contributed by atoms with E-state index in [-0.39, 0.29) is 18.4 Å². The molecule has 0 aliphatic heterocycles. The maximum Gasteiger partial charge on any atom is 0.271 e. The molecule has 0 fully saturated rings. The number of aryl methyl sites for hydroxylation is 2. The fourth-order valence-electron chi connectivity index (χ4n) is 2.90. The summed E-state index contributed by atoms with van der Waals surface area (Å²) in [5.74, 6) is 0.178. The summed E-state index contributed by atoms with van der Waals surface area (Å²) < 4.78 is 11.0. The molecule has 0 bridgehead atoms.